The van der Waals surface area contributed by atoms with E-state index in [0.717, 1.165) is 63.3 Å². The van der Waals surface area contributed by atoms with E-state index in [0.29, 0.717) is 29.4 Å². The minimum absolute atomic E-state index is 0.214. The monoisotopic (exact) mass is 469 g/mol. The fourth-order valence-electron chi connectivity index (χ4n) is 4.93. The lowest BCUT2D eigenvalue weighted by Gasteiger charge is -2.35. The predicted molar refractivity (Wildman–Crippen MR) is 131 cm³/mol. The zero-order valence-electron chi connectivity index (χ0n) is 19.7. The van der Waals surface area contributed by atoms with Crippen LogP contribution in [0.25, 0.3) is 0 Å². The highest BCUT2D eigenvalue weighted by Gasteiger charge is 2.44. The number of carbonyl (C=O) groups is 2. The lowest BCUT2D eigenvalue weighted by Crippen LogP contribution is -2.41. The molecule has 1 saturated heterocycles. The van der Waals surface area contributed by atoms with Crippen molar-refractivity contribution >= 4 is 23.2 Å². The van der Waals surface area contributed by atoms with Gasteiger partial charge < -0.3 is 14.5 Å². The van der Waals surface area contributed by atoms with Gasteiger partial charge in [0.05, 0.1) is 17.8 Å². The third kappa shape index (κ3) is 6.42. The molecule has 2 aliphatic rings. The second-order valence-electron chi connectivity index (χ2n) is 9.22. The van der Waals surface area contributed by atoms with Gasteiger partial charge in [0.15, 0.2) is 0 Å². The Hall–Kier alpha value is -2.25. The molecule has 7 heteroatoms. The van der Waals surface area contributed by atoms with Crippen LogP contribution in [0.4, 0.5) is 0 Å². The van der Waals surface area contributed by atoms with E-state index in [1.807, 2.05) is 6.92 Å². The Bertz CT molecular complexity index is 924. The maximum atomic E-state index is 12.4. The van der Waals surface area contributed by atoms with Crippen LogP contribution in [0.1, 0.15) is 65.7 Å². The first kappa shape index (κ1) is 23.9. The largest absolute Gasteiger partial charge is 0.462 e. The minimum Gasteiger partial charge on any atom is -0.462 e. The minimum atomic E-state index is -0.274. The van der Waals surface area contributed by atoms with E-state index in [9.17, 15) is 9.59 Å². The number of thiazole rings is 1. The number of hydrogen-bond acceptors (Lipinski definition) is 6. The number of aryl methyl sites for hydroxylation is 1. The number of nitrogens with zero attached hydrogens (tertiary/aromatic N) is 3. The molecule has 6 nitrogen and oxygen atoms in total. The number of ether oxygens (including phenoxy) is 1. The highest BCUT2D eigenvalue weighted by molar-refractivity contribution is 7.13. The van der Waals surface area contributed by atoms with Crippen molar-refractivity contribution in [2.45, 2.75) is 57.9 Å². The van der Waals surface area contributed by atoms with Gasteiger partial charge in [-0.1, -0.05) is 30.3 Å². The van der Waals surface area contributed by atoms with Crippen LogP contribution < -0.4 is 0 Å². The van der Waals surface area contributed by atoms with Gasteiger partial charge in [0, 0.05) is 31.8 Å². The van der Waals surface area contributed by atoms with Crippen molar-refractivity contribution in [3.05, 3.63) is 52.0 Å². The van der Waals surface area contributed by atoms with E-state index in [1.54, 1.807) is 13.1 Å². The molecule has 2 heterocycles. The summed E-state index contributed by atoms with van der Waals surface area (Å²) >= 11 is 1.44. The van der Waals surface area contributed by atoms with Gasteiger partial charge in [-0.2, -0.15) is 0 Å². The van der Waals surface area contributed by atoms with Crippen molar-refractivity contribution in [1.82, 2.24) is 14.8 Å². The number of amides is 1. The Morgan fingerprint density at radius 1 is 1.21 bits per heavy atom. The lowest BCUT2D eigenvalue weighted by atomic mass is 9.95. The summed E-state index contributed by atoms with van der Waals surface area (Å²) in [5.41, 5.74) is 1.36. The molecule has 2 fully saturated rings. The molecule has 1 amide bonds. The maximum Gasteiger partial charge on any atom is 0.349 e. The van der Waals surface area contributed by atoms with E-state index in [-0.39, 0.29) is 11.9 Å². The van der Waals surface area contributed by atoms with Crippen LogP contribution in [0.5, 0.6) is 0 Å². The fraction of sp³-hybridized carbons (Fsp3) is 0.577. The van der Waals surface area contributed by atoms with Crippen molar-refractivity contribution in [1.29, 1.82) is 0 Å². The summed E-state index contributed by atoms with van der Waals surface area (Å²) in [5.74, 6) is 1.04. The van der Waals surface area contributed by atoms with E-state index < -0.39 is 0 Å². The fourth-order valence-corrected chi connectivity index (χ4v) is 5.78. The molecule has 33 heavy (non-hydrogen) atoms. The molecule has 0 N–H and O–H groups in total. The summed E-state index contributed by atoms with van der Waals surface area (Å²) in [7, 11) is 0. The number of rotatable bonds is 10. The van der Waals surface area contributed by atoms with Gasteiger partial charge in [-0.25, -0.2) is 9.78 Å². The first-order chi connectivity index (χ1) is 16.0. The van der Waals surface area contributed by atoms with Gasteiger partial charge in [-0.05, 0) is 63.7 Å². The second kappa shape index (κ2) is 11.3. The average molecular weight is 470 g/mol. The quantitative estimate of drug-likeness (QED) is 0.484. The topological polar surface area (TPSA) is 62.7 Å². The smallest absolute Gasteiger partial charge is 0.349 e. The van der Waals surface area contributed by atoms with Crippen LogP contribution in [0, 0.1) is 5.92 Å². The molecule has 1 aliphatic heterocycles. The van der Waals surface area contributed by atoms with Crippen molar-refractivity contribution in [2.75, 3.05) is 32.8 Å². The number of aromatic nitrogens is 1. The Kier molecular flexibility index (Phi) is 8.15. The first-order valence-electron chi connectivity index (χ1n) is 12.2. The molecule has 2 aromatic rings. The third-order valence-electron chi connectivity index (χ3n) is 6.85. The SMILES string of the molecule is CCOC(=O)c1cnc(CCCN2CCC(CN(C(C)=O)C3CC3c3ccccc3)CC2)s1. The summed E-state index contributed by atoms with van der Waals surface area (Å²) in [6.45, 7) is 8.06. The molecule has 1 aromatic heterocycles. The zero-order chi connectivity index (χ0) is 23.2. The third-order valence-corrected chi connectivity index (χ3v) is 7.88. The van der Waals surface area contributed by atoms with E-state index in [1.165, 1.54) is 16.9 Å². The van der Waals surface area contributed by atoms with Crippen LogP contribution in [0.15, 0.2) is 36.5 Å². The van der Waals surface area contributed by atoms with Crippen LogP contribution in [-0.4, -0.2) is 65.5 Å². The van der Waals surface area contributed by atoms with Crippen molar-refractivity contribution in [2.24, 2.45) is 5.92 Å². The standard InChI is InChI=1S/C26H35N3O3S/c1-3-32-26(31)24-17-27-25(33-24)10-7-13-28-14-11-20(12-15-28)18-29(19(2)30)23-16-22(23)21-8-5-4-6-9-21/h4-6,8-9,17,20,22-23H,3,7,10-16,18H2,1-2H3. The molecule has 0 spiro atoms. The van der Waals surface area contributed by atoms with Crippen LogP contribution >= 0.6 is 11.3 Å². The van der Waals surface area contributed by atoms with Crippen molar-refractivity contribution < 1.29 is 14.3 Å². The number of likely N-dealkylation sites (tertiary alicyclic amines) is 1. The molecule has 2 atom stereocenters. The van der Waals surface area contributed by atoms with Crippen LogP contribution in [0.2, 0.25) is 0 Å². The number of esters is 1. The van der Waals surface area contributed by atoms with Gasteiger partial charge in [0.1, 0.15) is 4.88 Å². The Morgan fingerprint density at radius 2 is 1.97 bits per heavy atom. The van der Waals surface area contributed by atoms with Gasteiger partial charge in [0.25, 0.3) is 0 Å². The van der Waals surface area contributed by atoms with Gasteiger partial charge in [-0.15, -0.1) is 11.3 Å². The highest BCUT2D eigenvalue weighted by atomic mass is 32.1. The first-order valence-corrected chi connectivity index (χ1v) is 13.0. The van der Waals surface area contributed by atoms with E-state index >= 15 is 0 Å². The van der Waals surface area contributed by atoms with Gasteiger partial charge in [0.2, 0.25) is 5.91 Å². The van der Waals surface area contributed by atoms with Gasteiger partial charge in [-0.3, -0.25) is 4.79 Å². The predicted octanol–water partition coefficient (Wildman–Crippen LogP) is 4.37. The van der Waals surface area contributed by atoms with Crippen molar-refractivity contribution in [3.8, 4) is 0 Å². The highest BCUT2D eigenvalue weighted by Crippen LogP contribution is 2.45. The molecular formula is C26H35N3O3S. The summed E-state index contributed by atoms with van der Waals surface area (Å²) < 4.78 is 5.04. The van der Waals surface area contributed by atoms with Crippen molar-refractivity contribution in [3.63, 3.8) is 0 Å². The normalized spacial score (nSPS) is 21.0. The molecule has 1 aromatic carbocycles. The molecule has 1 aliphatic carbocycles. The number of carbonyl (C=O) groups excluding carboxylic acids is 2. The summed E-state index contributed by atoms with van der Waals surface area (Å²) in [5, 5.41) is 1.00. The summed E-state index contributed by atoms with van der Waals surface area (Å²) in [6, 6.07) is 11.0. The van der Waals surface area contributed by atoms with E-state index in [2.05, 4.69) is 45.1 Å². The zero-order valence-corrected chi connectivity index (χ0v) is 20.6. The molecule has 0 bridgehead atoms. The number of benzene rings is 1. The summed E-state index contributed by atoms with van der Waals surface area (Å²) in [4.78, 5) is 33.8. The van der Waals surface area contributed by atoms with Crippen LogP contribution in [0.3, 0.4) is 0 Å². The lowest BCUT2D eigenvalue weighted by molar-refractivity contribution is -0.130. The Morgan fingerprint density at radius 3 is 2.67 bits per heavy atom. The molecule has 0 radical (unpaired) electrons. The average Bonchev–Trinajstić information content (AvgIpc) is 3.47. The van der Waals surface area contributed by atoms with E-state index in [4.69, 9.17) is 4.74 Å². The molecule has 178 valence electrons. The molecule has 1 saturated carbocycles. The molecule has 2 unspecified atom stereocenters. The number of hydrogen-bond donors (Lipinski definition) is 0. The van der Waals surface area contributed by atoms with Gasteiger partial charge >= 0.3 is 5.97 Å². The Labute approximate surface area is 200 Å². The number of piperidine rings is 1. The second-order valence-corrected chi connectivity index (χ2v) is 10.3. The maximum absolute atomic E-state index is 12.4. The van der Waals surface area contributed by atoms with Crippen LogP contribution in [-0.2, 0) is 16.0 Å². The molecular weight excluding hydrogens is 434 g/mol. The molecule has 4 rings (SSSR count). The summed E-state index contributed by atoms with van der Waals surface area (Å²) in [6.07, 6.45) is 6.96. The Balaban J connectivity index is 1.17.